The fourth-order valence-corrected chi connectivity index (χ4v) is 1.91. The Morgan fingerprint density at radius 2 is 2.09 bits per heavy atom. The molecule has 0 saturated heterocycles. The van der Waals surface area contributed by atoms with Gasteiger partial charge in [0.05, 0.1) is 12.8 Å². The molecule has 0 bridgehead atoms. The number of amides is 2. The van der Waals surface area contributed by atoms with E-state index in [1.54, 1.807) is 12.1 Å². The van der Waals surface area contributed by atoms with Crippen LogP contribution in [-0.2, 0) is 0 Å². The Labute approximate surface area is 134 Å². The van der Waals surface area contributed by atoms with E-state index in [0.29, 0.717) is 17.9 Å². The number of urea groups is 1. The Hall–Kier alpha value is -3.02. The maximum absolute atomic E-state index is 11.8. The van der Waals surface area contributed by atoms with Gasteiger partial charge in [0.2, 0.25) is 0 Å². The first-order chi connectivity index (χ1) is 11.1. The molecule has 0 aliphatic carbocycles. The number of hydrogen-bond donors (Lipinski definition) is 3. The van der Waals surface area contributed by atoms with E-state index in [1.807, 2.05) is 38.1 Å². The summed E-state index contributed by atoms with van der Waals surface area (Å²) in [5, 5.41) is 16.2. The van der Waals surface area contributed by atoms with E-state index in [2.05, 4.69) is 15.8 Å². The summed E-state index contributed by atoms with van der Waals surface area (Å²) in [5.41, 5.74) is 4.78. The fourth-order valence-electron chi connectivity index (χ4n) is 1.91. The number of anilines is 1. The molecule has 2 rings (SSSR count). The van der Waals surface area contributed by atoms with E-state index in [1.165, 1.54) is 12.3 Å². The van der Waals surface area contributed by atoms with Crippen molar-refractivity contribution in [1.82, 2.24) is 5.43 Å². The molecule has 6 nitrogen and oxygen atoms in total. The Bertz CT molecular complexity index is 714. The Kier molecular flexibility index (Phi) is 5.57. The number of hydrogen-bond acceptors (Lipinski definition) is 4. The van der Waals surface area contributed by atoms with E-state index in [4.69, 9.17) is 4.74 Å². The van der Waals surface area contributed by atoms with Crippen LogP contribution < -0.4 is 15.5 Å². The van der Waals surface area contributed by atoms with E-state index >= 15 is 0 Å². The molecule has 2 amide bonds. The highest BCUT2D eigenvalue weighted by atomic mass is 16.5. The van der Waals surface area contributed by atoms with E-state index in [0.717, 1.165) is 11.3 Å². The van der Waals surface area contributed by atoms with Crippen LogP contribution in [0.15, 0.2) is 47.6 Å². The third-order valence-electron chi connectivity index (χ3n) is 3.06. The minimum atomic E-state index is -0.431. The highest BCUT2D eigenvalue weighted by Gasteiger charge is 2.03. The molecule has 0 spiro atoms. The first-order valence-electron chi connectivity index (χ1n) is 7.21. The average molecular weight is 313 g/mol. The molecule has 0 fully saturated rings. The average Bonchev–Trinajstić information content (AvgIpc) is 2.53. The van der Waals surface area contributed by atoms with E-state index in [-0.39, 0.29) is 5.75 Å². The topological polar surface area (TPSA) is 83.0 Å². The number of carbonyl (C=O) groups is 1. The number of carbonyl (C=O) groups excluding carboxylic acids is 1. The van der Waals surface area contributed by atoms with Gasteiger partial charge in [-0.3, -0.25) is 0 Å². The summed E-state index contributed by atoms with van der Waals surface area (Å²) < 4.78 is 5.29. The number of benzene rings is 2. The predicted octanol–water partition coefficient (Wildman–Crippen LogP) is 3.25. The molecule has 0 aliphatic rings. The lowest BCUT2D eigenvalue weighted by atomic mass is 10.2. The van der Waals surface area contributed by atoms with Gasteiger partial charge in [-0.1, -0.05) is 18.2 Å². The Balaban J connectivity index is 1.95. The summed E-state index contributed by atoms with van der Waals surface area (Å²) in [6, 6.07) is 11.9. The summed E-state index contributed by atoms with van der Waals surface area (Å²) in [7, 11) is 0. The molecule has 6 heteroatoms. The maximum Gasteiger partial charge on any atom is 0.339 e. The number of phenols is 1. The van der Waals surface area contributed by atoms with Gasteiger partial charge in [0, 0.05) is 5.69 Å². The van der Waals surface area contributed by atoms with Gasteiger partial charge in [-0.05, 0) is 49.2 Å². The van der Waals surface area contributed by atoms with Crippen molar-refractivity contribution in [2.75, 3.05) is 11.9 Å². The van der Waals surface area contributed by atoms with Crippen LogP contribution in [-0.4, -0.2) is 24.0 Å². The quantitative estimate of drug-likeness (QED) is 0.585. The summed E-state index contributed by atoms with van der Waals surface area (Å²) in [6.07, 6.45) is 1.47. The van der Waals surface area contributed by atoms with Crippen LogP contribution in [0, 0.1) is 6.92 Å². The third-order valence-corrected chi connectivity index (χ3v) is 3.06. The molecule has 120 valence electrons. The summed E-state index contributed by atoms with van der Waals surface area (Å²) in [6.45, 7) is 4.19. The molecular formula is C17H19N3O3. The number of hydrazone groups is 1. The number of aromatic hydroxyl groups is 1. The van der Waals surface area contributed by atoms with Gasteiger partial charge in [-0.15, -0.1) is 0 Å². The Morgan fingerprint density at radius 1 is 1.30 bits per heavy atom. The van der Waals surface area contributed by atoms with Gasteiger partial charge in [-0.2, -0.15) is 5.10 Å². The SMILES string of the molecule is CCOc1cc(/C=N/NC(=O)Nc2ccccc2C)ccc1O. The van der Waals surface area contributed by atoms with Crippen LogP contribution in [0.4, 0.5) is 10.5 Å². The van der Waals surface area contributed by atoms with Gasteiger partial charge in [0.15, 0.2) is 11.5 Å². The van der Waals surface area contributed by atoms with Crippen LogP contribution in [0.1, 0.15) is 18.1 Å². The maximum atomic E-state index is 11.8. The summed E-state index contributed by atoms with van der Waals surface area (Å²) in [5.74, 6) is 0.440. The minimum Gasteiger partial charge on any atom is -0.504 e. The number of nitrogens with one attached hydrogen (secondary N) is 2. The van der Waals surface area contributed by atoms with Crippen LogP contribution in [0.2, 0.25) is 0 Å². The first-order valence-corrected chi connectivity index (χ1v) is 7.21. The molecule has 0 radical (unpaired) electrons. The number of phenolic OH excluding ortho intramolecular Hbond substituents is 1. The number of para-hydroxylation sites is 1. The molecule has 0 atom stereocenters. The molecule has 23 heavy (non-hydrogen) atoms. The van der Waals surface area contributed by atoms with Gasteiger partial charge in [0.25, 0.3) is 0 Å². The number of ether oxygens (including phenoxy) is 1. The van der Waals surface area contributed by atoms with Crippen molar-refractivity contribution in [3.8, 4) is 11.5 Å². The zero-order chi connectivity index (χ0) is 16.7. The zero-order valence-electron chi connectivity index (χ0n) is 13.0. The summed E-state index contributed by atoms with van der Waals surface area (Å²) in [4.78, 5) is 11.8. The van der Waals surface area contributed by atoms with Crippen LogP contribution in [0.25, 0.3) is 0 Å². The molecule has 0 heterocycles. The second kappa shape index (κ2) is 7.84. The highest BCUT2D eigenvalue weighted by Crippen LogP contribution is 2.26. The number of rotatable bonds is 5. The van der Waals surface area contributed by atoms with Crippen molar-refractivity contribution >= 4 is 17.9 Å². The van der Waals surface area contributed by atoms with Crippen molar-refractivity contribution < 1.29 is 14.6 Å². The van der Waals surface area contributed by atoms with Crippen LogP contribution >= 0.6 is 0 Å². The number of aryl methyl sites for hydroxylation is 1. The van der Waals surface area contributed by atoms with E-state index < -0.39 is 6.03 Å². The largest absolute Gasteiger partial charge is 0.504 e. The lowest BCUT2D eigenvalue weighted by Crippen LogP contribution is -2.24. The van der Waals surface area contributed by atoms with Crippen molar-refractivity contribution in [3.05, 3.63) is 53.6 Å². The lowest BCUT2D eigenvalue weighted by Gasteiger charge is -2.07. The van der Waals surface area contributed by atoms with Gasteiger partial charge in [-0.25, -0.2) is 10.2 Å². The molecule has 3 N–H and O–H groups in total. The van der Waals surface area contributed by atoms with Crippen LogP contribution in [0.5, 0.6) is 11.5 Å². The molecule has 0 saturated carbocycles. The molecule has 0 unspecified atom stereocenters. The van der Waals surface area contributed by atoms with Crippen molar-refractivity contribution in [1.29, 1.82) is 0 Å². The first kappa shape index (κ1) is 16.4. The molecular weight excluding hydrogens is 294 g/mol. The Morgan fingerprint density at radius 3 is 2.83 bits per heavy atom. The number of nitrogens with zero attached hydrogens (tertiary/aromatic N) is 1. The van der Waals surface area contributed by atoms with Gasteiger partial charge in [0.1, 0.15) is 0 Å². The predicted molar refractivity (Wildman–Crippen MR) is 90.2 cm³/mol. The normalized spacial score (nSPS) is 10.5. The van der Waals surface area contributed by atoms with Crippen molar-refractivity contribution in [3.63, 3.8) is 0 Å². The van der Waals surface area contributed by atoms with Gasteiger partial charge >= 0.3 is 6.03 Å². The minimum absolute atomic E-state index is 0.0641. The van der Waals surface area contributed by atoms with E-state index in [9.17, 15) is 9.90 Å². The van der Waals surface area contributed by atoms with Crippen molar-refractivity contribution in [2.45, 2.75) is 13.8 Å². The second-order valence-corrected chi connectivity index (χ2v) is 4.80. The zero-order valence-corrected chi connectivity index (χ0v) is 13.0. The smallest absolute Gasteiger partial charge is 0.339 e. The van der Waals surface area contributed by atoms with Crippen molar-refractivity contribution in [2.24, 2.45) is 5.10 Å². The van der Waals surface area contributed by atoms with Gasteiger partial charge < -0.3 is 15.2 Å². The van der Waals surface area contributed by atoms with Crippen LogP contribution in [0.3, 0.4) is 0 Å². The highest BCUT2D eigenvalue weighted by molar-refractivity contribution is 5.91. The fraction of sp³-hybridized carbons (Fsp3) is 0.176. The summed E-state index contributed by atoms with van der Waals surface area (Å²) >= 11 is 0. The monoisotopic (exact) mass is 313 g/mol. The lowest BCUT2D eigenvalue weighted by molar-refractivity contribution is 0.252. The molecule has 2 aromatic rings. The molecule has 0 aliphatic heterocycles. The second-order valence-electron chi connectivity index (χ2n) is 4.80. The molecule has 0 aromatic heterocycles. The third kappa shape index (κ3) is 4.74. The standard InChI is InChI=1S/C17H19N3O3/c1-3-23-16-10-13(8-9-15(16)21)11-18-20-17(22)19-14-7-5-4-6-12(14)2/h4-11,21H,3H2,1-2H3,(H2,19,20,22)/b18-11+. The molecule has 2 aromatic carbocycles.